The van der Waals surface area contributed by atoms with E-state index in [-0.39, 0.29) is 54.6 Å². The lowest BCUT2D eigenvalue weighted by Crippen LogP contribution is -2.57. The summed E-state index contributed by atoms with van der Waals surface area (Å²) in [6.07, 6.45) is -2.02. The molecular weight excluding hydrogens is 614 g/mol. The minimum atomic E-state index is -2.78. The number of pyridine rings is 1. The van der Waals surface area contributed by atoms with Crippen LogP contribution < -0.4 is 31.3 Å². The molecule has 44 heavy (non-hydrogen) atoms. The zero-order chi connectivity index (χ0) is 31.2. The second-order valence-electron chi connectivity index (χ2n) is 11.0. The lowest BCUT2D eigenvalue weighted by Gasteiger charge is -2.49. The number of nitrogens with zero attached hydrogens (tertiary/aromatic N) is 7. The third kappa shape index (κ3) is 5.31. The number of alkyl halides is 3. The number of anilines is 4. The van der Waals surface area contributed by atoms with Crippen LogP contribution in [0.2, 0.25) is 0 Å². The molecule has 2 fully saturated rings. The molecule has 1 spiro atoms. The van der Waals surface area contributed by atoms with Gasteiger partial charge in [-0.15, -0.1) is 23.1 Å². The number of nitrogen functional groups attached to an aromatic ring is 2. The predicted octanol–water partition coefficient (Wildman–Crippen LogP) is 3.71. The van der Waals surface area contributed by atoms with Crippen molar-refractivity contribution in [2.24, 2.45) is 0 Å². The second kappa shape index (κ2) is 11.8. The largest absolute Gasteiger partial charge is 0.462 e. The molecule has 3 atom stereocenters. The molecule has 6 rings (SSSR count). The molecule has 11 nitrogen and oxygen atoms in total. The number of thioether (sulfide) groups is 1. The van der Waals surface area contributed by atoms with Crippen molar-refractivity contribution in [1.29, 1.82) is 10.5 Å². The maximum Gasteiger partial charge on any atom is 0.320 e. The van der Waals surface area contributed by atoms with Crippen LogP contribution in [0.1, 0.15) is 46.5 Å². The van der Waals surface area contributed by atoms with Gasteiger partial charge in [-0.05, 0) is 19.4 Å². The Morgan fingerprint density at radius 3 is 2.68 bits per heavy atom. The lowest BCUT2D eigenvalue weighted by molar-refractivity contribution is 0.152. The first-order chi connectivity index (χ1) is 21.1. The van der Waals surface area contributed by atoms with Crippen molar-refractivity contribution in [2.45, 2.75) is 48.5 Å². The van der Waals surface area contributed by atoms with Crippen LogP contribution in [0, 0.1) is 22.7 Å². The molecule has 2 saturated heterocycles. The Morgan fingerprint density at radius 1 is 1.25 bits per heavy atom. The van der Waals surface area contributed by atoms with Gasteiger partial charge >= 0.3 is 6.01 Å². The van der Waals surface area contributed by atoms with Crippen LogP contribution in [0.3, 0.4) is 0 Å². The van der Waals surface area contributed by atoms with E-state index >= 15 is 0 Å². The highest BCUT2D eigenvalue weighted by atomic mass is 32.2. The van der Waals surface area contributed by atoms with Gasteiger partial charge in [0.1, 0.15) is 41.3 Å². The zero-order valence-corrected chi connectivity index (χ0v) is 25.3. The maximum atomic E-state index is 14.1. The maximum absolute atomic E-state index is 14.1. The minimum absolute atomic E-state index is 0.00136. The molecule has 230 valence electrons. The van der Waals surface area contributed by atoms with Crippen LogP contribution in [-0.4, -0.2) is 66.4 Å². The van der Waals surface area contributed by atoms with Crippen molar-refractivity contribution in [2.75, 3.05) is 54.1 Å². The van der Waals surface area contributed by atoms with Crippen molar-refractivity contribution >= 4 is 45.6 Å². The smallest absolute Gasteiger partial charge is 0.320 e. The van der Waals surface area contributed by atoms with Crippen LogP contribution >= 0.6 is 23.1 Å². The van der Waals surface area contributed by atoms with Crippen molar-refractivity contribution in [3.63, 3.8) is 0 Å². The standard InChI is InChI=1S/C28H29F3N10OS2/c1-14(17-3-2-4-36-23(17)34)41(9-21(30)31)26-19(7-33)25(38-27(39-26)42-10-16-5-15(29)8-37-16)40-12-28(13-40)22-18(6-32)24(35)44-20(22)11-43-28/h2-4,14-16,21,37H,5,8-13,35H2,1H3,(H2,34,36)/t14-,15-,16+/m1/s1. The minimum Gasteiger partial charge on any atom is -0.462 e. The number of aromatic nitrogens is 3. The van der Waals surface area contributed by atoms with E-state index in [0.717, 1.165) is 10.4 Å². The van der Waals surface area contributed by atoms with E-state index in [4.69, 9.17) is 16.2 Å². The zero-order valence-electron chi connectivity index (χ0n) is 23.6. The number of nitrogens with two attached hydrogens (primary N) is 2. The van der Waals surface area contributed by atoms with E-state index in [1.165, 1.54) is 22.4 Å². The van der Waals surface area contributed by atoms with Crippen molar-refractivity contribution in [3.8, 4) is 18.1 Å². The second-order valence-corrected chi connectivity index (χ2v) is 13.5. The first-order valence-corrected chi connectivity index (χ1v) is 15.7. The van der Waals surface area contributed by atoms with Gasteiger partial charge in [-0.1, -0.05) is 6.07 Å². The number of ether oxygens (including phenoxy) is 1. The molecule has 6 heterocycles. The SMILES string of the molecule is C[C@H](c1cccnc1N)N(CC(F)F)c1nc(OC[C@@H]2C[C@@H](F)CN2)nc(N2CC3(C2)SCc2sc(N)c(C#N)c23)c1C#N. The summed E-state index contributed by atoms with van der Waals surface area (Å²) in [5.41, 5.74) is 14.1. The van der Waals surface area contributed by atoms with E-state index in [2.05, 4.69) is 32.4 Å². The van der Waals surface area contributed by atoms with Gasteiger partial charge < -0.3 is 31.3 Å². The summed E-state index contributed by atoms with van der Waals surface area (Å²) in [6.45, 7) is 2.01. The van der Waals surface area contributed by atoms with E-state index < -0.39 is 29.9 Å². The predicted molar refractivity (Wildman–Crippen MR) is 163 cm³/mol. The third-order valence-corrected chi connectivity index (χ3v) is 10.8. The Balaban J connectivity index is 1.40. The third-order valence-electron chi connectivity index (χ3n) is 8.19. The molecule has 3 aromatic rings. The first-order valence-electron chi connectivity index (χ1n) is 13.9. The summed E-state index contributed by atoms with van der Waals surface area (Å²) in [6, 6.07) is 6.57. The van der Waals surface area contributed by atoms with Crippen molar-refractivity contribution < 1.29 is 17.9 Å². The number of nitriles is 2. The van der Waals surface area contributed by atoms with Crippen LogP contribution in [0.25, 0.3) is 0 Å². The number of thiophene rings is 1. The van der Waals surface area contributed by atoms with Crippen molar-refractivity contribution in [1.82, 2.24) is 20.3 Å². The summed E-state index contributed by atoms with van der Waals surface area (Å²) in [7, 11) is 0. The van der Waals surface area contributed by atoms with Gasteiger partial charge in [0.05, 0.1) is 22.9 Å². The van der Waals surface area contributed by atoms with E-state index in [9.17, 15) is 23.7 Å². The van der Waals surface area contributed by atoms with Gasteiger partial charge in [-0.25, -0.2) is 18.2 Å². The Hall–Kier alpha value is -3.99. The topological polar surface area (TPSA) is 166 Å². The monoisotopic (exact) mass is 642 g/mol. The number of halogens is 3. The van der Waals surface area contributed by atoms with Crippen LogP contribution in [0.5, 0.6) is 6.01 Å². The fraction of sp³-hybridized carbons (Fsp3) is 0.464. The van der Waals surface area contributed by atoms with Gasteiger partial charge in [-0.2, -0.15) is 20.5 Å². The molecule has 5 N–H and O–H groups in total. The van der Waals surface area contributed by atoms with Gasteiger partial charge in [0.25, 0.3) is 6.43 Å². The van der Waals surface area contributed by atoms with Crippen molar-refractivity contribution in [3.05, 3.63) is 45.5 Å². The highest BCUT2D eigenvalue weighted by Crippen LogP contribution is 2.58. The first kappa shape index (κ1) is 30.1. The number of nitrogens with one attached hydrogen (secondary N) is 1. The number of hydrogen-bond acceptors (Lipinski definition) is 13. The molecule has 0 aliphatic carbocycles. The van der Waals surface area contributed by atoms with Gasteiger partial charge in [0, 0.05) is 53.6 Å². The number of fused-ring (bicyclic) bond motifs is 2. The Kier molecular flexibility index (Phi) is 8.08. The average molecular weight is 643 g/mol. The molecule has 3 aliphatic rings. The molecule has 3 aliphatic heterocycles. The molecule has 16 heteroatoms. The molecule has 0 saturated carbocycles. The Labute approximate surface area is 260 Å². The molecular formula is C28H29F3N10OS2. The summed E-state index contributed by atoms with van der Waals surface area (Å²) in [5.74, 6) is 1.06. The number of rotatable bonds is 9. The number of hydrogen-bond donors (Lipinski definition) is 3. The average Bonchev–Trinajstić information content (AvgIpc) is 3.66. The van der Waals surface area contributed by atoms with E-state index in [0.29, 0.717) is 35.0 Å². The summed E-state index contributed by atoms with van der Waals surface area (Å²) in [4.78, 5) is 17.4. The lowest BCUT2D eigenvalue weighted by atomic mass is 9.88. The molecule has 3 aromatic heterocycles. The van der Waals surface area contributed by atoms with E-state index in [1.807, 2.05) is 4.90 Å². The normalized spacial score (nSPS) is 20.7. The molecule has 0 aromatic carbocycles. The highest BCUT2D eigenvalue weighted by Gasteiger charge is 2.53. The molecule has 0 radical (unpaired) electrons. The summed E-state index contributed by atoms with van der Waals surface area (Å²) < 4.78 is 47.5. The highest BCUT2D eigenvalue weighted by molar-refractivity contribution is 8.00. The fourth-order valence-electron chi connectivity index (χ4n) is 6.06. The van der Waals surface area contributed by atoms with Gasteiger partial charge in [0.15, 0.2) is 11.6 Å². The summed E-state index contributed by atoms with van der Waals surface area (Å²) >= 11 is 3.11. The van der Waals surface area contributed by atoms with Crippen LogP contribution in [0.4, 0.5) is 35.6 Å². The van der Waals surface area contributed by atoms with Gasteiger partial charge in [0.2, 0.25) is 0 Å². The quantitative estimate of drug-likeness (QED) is 0.310. The molecule has 0 amide bonds. The van der Waals surface area contributed by atoms with Crippen LogP contribution in [-0.2, 0) is 10.5 Å². The van der Waals surface area contributed by atoms with Gasteiger partial charge in [-0.3, -0.25) is 0 Å². The molecule has 0 bridgehead atoms. The summed E-state index contributed by atoms with van der Waals surface area (Å²) in [5, 5.41) is 23.7. The fourth-order valence-corrected chi connectivity index (χ4v) is 8.86. The molecule has 0 unspecified atom stereocenters. The van der Waals surface area contributed by atoms with Crippen LogP contribution in [0.15, 0.2) is 18.3 Å². The Morgan fingerprint density at radius 2 is 2.02 bits per heavy atom. The van der Waals surface area contributed by atoms with E-state index in [1.54, 1.807) is 30.8 Å². The Bertz CT molecular complexity index is 1650.